The van der Waals surface area contributed by atoms with Crippen LogP contribution in [0.3, 0.4) is 0 Å². The third-order valence-corrected chi connectivity index (χ3v) is 1.48. The molecule has 0 fully saturated rings. The number of nitrogens with two attached hydrogens (primary N) is 1. The van der Waals surface area contributed by atoms with E-state index in [9.17, 15) is 0 Å². The van der Waals surface area contributed by atoms with Crippen molar-refractivity contribution < 1.29 is 0 Å². The second kappa shape index (κ2) is 2.90. The van der Waals surface area contributed by atoms with E-state index >= 15 is 0 Å². The van der Waals surface area contributed by atoms with E-state index in [4.69, 9.17) is 18.0 Å². The number of hydrogen-bond donors (Lipinski definition) is 1. The van der Waals surface area contributed by atoms with Crippen LogP contribution in [0.1, 0.15) is 5.82 Å². The van der Waals surface area contributed by atoms with Crippen molar-refractivity contribution in [3.63, 3.8) is 0 Å². The zero-order valence-electron chi connectivity index (χ0n) is 6.25. The Hall–Kier alpha value is -1.83. The Kier molecular flexibility index (Phi) is 1.74. The van der Waals surface area contributed by atoms with Gasteiger partial charge < -0.3 is 5.73 Å². The van der Waals surface area contributed by atoms with Crippen LogP contribution in [0.15, 0.2) is 6.20 Å². The van der Waals surface area contributed by atoms with Crippen LogP contribution in [0.4, 0.5) is 0 Å². The summed E-state index contributed by atoms with van der Waals surface area (Å²) in [5.74, 6) is 0.254. The number of rotatable bonds is 1. The third kappa shape index (κ3) is 1.38. The first-order chi connectivity index (χ1) is 6.27. The lowest BCUT2D eigenvalue weighted by atomic mass is 10.5. The Morgan fingerprint density at radius 1 is 1.31 bits per heavy atom. The van der Waals surface area contributed by atoms with E-state index in [1.54, 1.807) is 0 Å². The number of nitrogens with zero attached hydrogens (tertiary/aromatic N) is 6. The molecule has 64 valence electrons. The predicted molar refractivity (Wildman–Crippen MR) is 46.6 cm³/mol. The highest BCUT2D eigenvalue weighted by atomic mass is 32.1. The lowest BCUT2D eigenvalue weighted by Gasteiger charge is -1.95. The molecule has 0 saturated heterocycles. The van der Waals surface area contributed by atoms with E-state index in [0.717, 1.165) is 0 Å². The summed E-state index contributed by atoms with van der Waals surface area (Å²) >= 11 is 4.69. The van der Waals surface area contributed by atoms with Gasteiger partial charge in [0.1, 0.15) is 4.99 Å². The fourth-order valence-corrected chi connectivity index (χ4v) is 0.858. The second-order valence-corrected chi connectivity index (χ2v) is 2.59. The van der Waals surface area contributed by atoms with Crippen LogP contribution in [-0.2, 0) is 0 Å². The van der Waals surface area contributed by atoms with Crippen molar-refractivity contribution in [2.45, 2.75) is 0 Å². The van der Waals surface area contributed by atoms with Crippen molar-refractivity contribution in [3.05, 3.63) is 12.0 Å². The van der Waals surface area contributed by atoms with Gasteiger partial charge in [0.15, 0.2) is 11.3 Å². The molecule has 0 bridgehead atoms. The molecule has 0 aromatic carbocycles. The summed E-state index contributed by atoms with van der Waals surface area (Å²) in [4.78, 5) is 7.89. The minimum absolute atomic E-state index is 0.112. The van der Waals surface area contributed by atoms with Gasteiger partial charge in [0.25, 0.3) is 0 Å². The van der Waals surface area contributed by atoms with Gasteiger partial charge in [-0.25, -0.2) is 9.97 Å². The Balaban J connectivity index is 2.69. The van der Waals surface area contributed by atoms with Crippen molar-refractivity contribution >= 4 is 28.4 Å². The van der Waals surface area contributed by atoms with Gasteiger partial charge >= 0.3 is 0 Å². The molecule has 0 spiro atoms. The molecular weight excluding hydrogens is 190 g/mol. The summed E-state index contributed by atoms with van der Waals surface area (Å²) in [7, 11) is 0. The molecule has 0 amide bonds. The monoisotopic (exact) mass is 193 g/mol. The summed E-state index contributed by atoms with van der Waals surface area (Å²) in [6, 6.07) is 0. The van der Waals surface area contributed by atoms with Gasteiger partial charge in [0.05, 0.1) is 6.20 Å². The number of hydrogen-bond acceptors (Lipinski definition) is 7. The topological polar surface area (TPSA) is 103 Å². The Morgan fingerprint density at radius 3 is 2.85 bits per heavy atom. The van der Waals surface area contributed by atoms with Gasteiger partial charge in [0.2, 0.25) is 5.65 Å². The normalized spacial score (nSPS) is 10.2. The quantitative estimate of drug-likeness (QED) is 0.566. The van der Waals surface area contributed by atoms with Gasteiger partial charge in [-0.05, 0) is 10.4 Å². The highest BCUT2D eigenvalue weighted by Crippen LogP contribution is 2.00. The molecule has 2 N–H and O–H groups in total. The molecule has 0 saturated carbocycles. The number of aromatic nitrogens is 6. The van der Waals surface area contributed by atoms with Gasteiger partial charge in [0, 0.05) is 0 Å². The molecule has 0 aliphatic rings. The third-order valence-electron chi connectivity index (χ3n) is 1.30. The van der Waals surface area contributed by atoms with E-state index in [1.807, 2.05) is 0 Å². The summed E-state index contributed by atoms with van der Waals surface area (Å²) < 4.78 is 0. The van der Waals surface area contributed by atoms with Crippen LogP contribution < -0.4 is 5.73 Å². The molecule has 13 heavy (non-hydrogen) atoms. The van der Waals surface area contributed by atoms with Gasteiger partial charge in [-0.15, -0.1) is 10.2 Å². The SMILES string of the molecule is NC(=S)c1ncc2nnnnc2n1. The molecule has 7 nitrogen and oxygen atoms in total. The zero-order chi connectivity index (χ0) is 9.26. The molecule has 0 aliphatic heterocycles. The second-order valence-electron chi connectivity index (χ2n) is 2.15. The van der Waals surface area contributed by atoms with Crippen molar-refractivity contribution in [1.29, 1.82) is 0 Å². The number of fused-ring (bicyclic) bond motifs is 1. The summed E-state index contributed by atoms with van der Waals surface area (Å²) in [6.07, 6.45) is 1.44. The van der Waals surface area contributed by atoms with E-state index < -0.39 is 0 Å². The predicted octanol–water partition coefficient (Wildman–Crippen LogP) is -1.16. The summed E-state index contributed by atoms with van der Waals surface area (Å²) in [5, 5.41) is 13.9. The molecule has 2 rings (SSSR count). The Morgan fingerprint density at radius 2 is 2.08 bits per heavy atom. The minimum atomic E-state index is 0.112. The average molecular weight is 193 g/mol. The van der Waals surface area contributed by atoms with E-state index in [-0.39, 0.29) is 10.8 Å². The average Bonchev–Trinajstić information content (AvgIpc) is 2.17. The fraction of sp³-hybridized carbons (Fsp3) is 0. The summed E-state index contributed by atoms with van der Waals surface area (Å²) in [5.41, 5.74) is 6.11. The summed E-state index contributed by atoms with van der Waals surface area (Å²) in [6.45, 7) is 0. The van der Waals surface area contributed by atoms with Crippen LogP contribution in [0.25, 0.3) is 11.2 Å². The molecule has 0 unspecified atom stereocenters. The first-order valence-electron chi connectivity index (χ1n) is 3.26. The molecule has 0 radical (unpaired) electrons. The Bertz CT molecular complexity index is 469. The lowest BCUT2D eigenvalue weighted by Crippen LogP contribution is -2.14. The standard InChI is InChI=1S/C5H3N7S/c6-3(13)5-7-1-2-4(8-5)10-12-11-9-2/h1H,(H2,6,13). The van der Waals surface area contributed by atoms with Crippen LogP contribution in [-0.4, -0.2) is 35.6 Å². The zero-order valence-corrected chi connectivity index (χ0v) is 7.06. The van der Waals surface area contributed by atoms with Crippen LogP contribution in [0, 0.1) is 0 Å². The van der Waals surface area contributed by atoms with Crippen molar-refractivity contribution in [2.24, 2.45) is 5.73 Å². The van der Waals surface area contributed by atoms with Crippen LogP contribution in [0.2, 0.25) is 0 Å². The van der Waals surface area contributed by atoms with Crippen LogP contribution in [0.5, 0.6) is 0 Å². The largest absolute Gasteiger partial charge is 0.387 e. The molecular formula is C5H3N7S. The van der Waals surface area contributed by atoms with Crippen molar-refractivity contribution in [1.82, 2.24) is 30.6 Å². The maximum absolute atomic E-state index is 5.33. The molecule has 0 aliphatic carbocycles. The highest BCUT2D eigenvalue weighted by Gasteiger charge is 2.03. The van der Waals surface area contributed by atoms with Crippen molar-refractivity contribution in [3.8, 4) is 0 Å². The molecule has 0 atom stereocenters. The maximum atomic E-state index is 5.33. The fourth-order valence-electron chi connectivity index (χ4n) is 0.760. The number of thiocarbonyl (C=S) groups is 1. The highest BCUT2D eigenvalue weighted by molar-refractivity contribution is 7.80. The smallest absolute Gasteiger partial charge is 0.207 e. The Labute approximate surface area is 77.4 Å². The van der Waals surface area contributed by atoms with E-state index in [0.29, 0.717) is 11.2 Å². The minimum Gasteiger partial charge on any atom is -0.387 e. The lowest BCUT2D eigenvalue weighted by molar-refractivity contribution is 0.787. The molecule has 8 heteroatoms. The van der Waals surface area contributed by atoms with Crippen LogP contribution >= 0.6 is 12.2 Å². The maximum Gasteiger partial charge on any atom is 0.207 e. The first kappa shape index (κ1) is 7.80. The van der Waals surface area contributed by atoms with Crippen molar-refractivity contribution in [2.75, 3.05) is 0 Å². The molecule has 2 aromatic heterocycles. The molecule has 2 heterocycles. The van der Waals surface area contributed by atoms with E-state index in [2.05, 4.69) is 30.6 Å². The molecule has 2 aromatic rings. The van der Waals surface area contributed by atoms with Gasteiger partial charge in [-0.2, -0.15) is 0 Å². The van der Waals surface area contributed by atoms with Gasteiger partial charge in [-0.1, -0.05) is 12.2 Å². The van der Waals surface area contributed by atoms with Gasteiger partial charge in [-0.3, -0.25) is 0 Å². The van der Waals surface area contributed by atoms with E-state index in [1.165, 1.54) is 6.20 Å². The first-order valence-corrected chi connectivity index (χ1v) is 3.67.